The Kier molecular flexibility index (Phi) is 4.34. The average molecular weight is 167 g/mol. The summed E-state index contributed by atoms with van der Waals surface area (Å²) in [7, 11) is 3.52. The van der Waals surface area contributed by atoms with Gasteiger partial charge in [-0.15, -0.1) is 0 Å². The molecule has 0 radical (unpaired) electrons. The molecule has 0 unspecified atom stereocenters. The van der Waals surface area contributed by atoms with Crippen molar-refractivity contribution in [2.24, 2.45) is 0 Å². The second-order valence-electron chi connectivity index (χ2n) is 3.11. The van der Waals surface area contributed by atoms with Crippen LogP contribution in [0.15, 0.2) is 23.3 Å². The highest BCUT2D eigenvalue weighted by molar-refractivity contribution is 5.96. The van der Waals surface area contributed by atoms with Crippen LogP contribution in [0.4, 0.5) is 0 Å². The maximum absolute atomic E-state index is 11.5. The van der Waals surface area contributed by atoms with Crippen LogP contribution in [0.2, 0.25) is 0 Å². The summed E-state index contributed by atoms with van der Waals surface area (Å²) >= 11 is 0. The summed E-state index contributed by atoms with van der Waals surface area (Å²) in [5, 5.41) is 0. The number of rotatable bonds is 2. The van der Waals surface area contributed by atoms with Crippen LogP contribution in [-0.4, -0.2) is 24.9 Å². The highest BCUT2D eigenvalue weighted by Gasteiger charge is 2.08. The third-order valence-corrected chi connectivity index (χ3v) is 1.51. The number of hydrogen-bond donors (Lipinski definition) is 0. The van der Waals surface area contributed by atoms with E-state index >= 15 is 0 Å². The number of carbonyl (C=O) groups is 1. The summed E-state index contributed by atoms with van der Waals surface area (Å²) in [6.07, 6.45) is 3.72. The van der Waals surface area contributed by atoms with Crippen LogP contribution >= 0.6 is 0 Å². The number of carbonyl (C=O) groups excluding carboxylic acids is 1. The molecule has 0 aromatic rings. The van der Waals surface area contributed by atoms with Gasteiger partial charge in [0.15, 0.2) is 0 Å². The van der Waals surface area contributed by atoms with Gasteiger partial charge in [-0.3, -0.25) is 4.79 Å². The predicted octanol–water partition coefficient (Wildman–Crippen LogP) is 1.99. The molecular formula is C10H17NO. The Labute approximate surface area is 74.6 Å². The Bertz CT molecular complexity index is 220. The maximum Gasteiger partial charge on any atom is 0.253 e. The lowest BCUT2D eigenvalue weighted by Gasteiger charge is -2.11. The van der Waals surface area contributed by atoms with Gasteiger partial charge in [0.1, 0.15) is 0 Å². The van der Waals surface area contributed by atoms with E-state index in [9.17, 15) is 4.79 Å². The highest BCUT2D eigenvalue weighted by Crippen LogP contribution is 2.07. The second-order valence-corrected chi connectivity index (χ2v) is 3.11. The molecular weight excluding hydrogens is 150 g/mol. The number of likely N-dealkylation sites (N-methyl/N-ethyl adjacent to an activating group) is 1. The van der Waals surface area contributed by atoms with Gasteiger partial charge in [0.05, 0.1) is 0 Å². The zero-order valence-electron chi connectivity index (χ0n) is 8.51. The van der Waals surface area contributed by atoms with Crippen molar-refractivity contribution in [3.05, 3.63) is 23.3 Å². The van der Waals surface area contributed by atoms with Gasteiger partial charge in [-0.25, -0.2) is 0 Å². The Morgan fingerprint density at radius 3 is 2.00 bits per heavy atom. The first-order chi connectivity index (χ1) is 5.50. The first kappa shape index (κ1) is 11.0. The first-order valence-electron chi connectivity index (χ1n) is 4.02. The quantitative estimate of drug-likeness (QED) is 0.455. The highest BCUT2D eigenvalue weighted by atomic mass is 16.2. The van der Waals surface area contributed by atoms with Crippen molar-refractivity contribution >= 4 is 5.91 Å². The van der Waals surface area contributed by atoms with Crippen molar-refractivity contribution in [3.8, 4) is 0 Å². The standard InChI is InChI=1S/C10H17NO/c1-6-7-9(8(2)3)10(12)11(4)5/h6-7H,1-5H3/b7-6-. The van der Waals surface area contributed by atoms with Crippen LogP contribution in [-0.2, 0) is 4.79 Å². The molecule has 68 valence electrons. The zero-order chi connectivity index (χ0) is 9.72. The van der Waals surface area contributed by atoms with E-state index < -0.39 is 0 Å². The summed E-state index contributed by atoms with van der Waals surface area (Å²) in [6.45, 7) is 5.79. The number of nitrogens with zero attached hydrogens (tertiary/aromatic N) is 1. The van der Waals surface area contributed by atoms with E-state index in [0.717, 1.165) is 11.1 Å². The van der Waals surface area contributed by atoms with Crippen LogP contribution in [0, 0.1) is 0 Å². The van der Waals surface area contributed by atoms with Crippen molar-refractivity contribution in [1.29, 1.82) is 0 Å². The molecule has 0 fully saturated rings. The van der Waals surface area contributed by atoms with Crippen LogP contribution in [0.3, 0.4) is 0 Å². The third kappa shape index (κ3) is 2.91. The molecule has 0 bridgehead atoms. The molecule has 0 spiro atoms. The van der Waals surface area contributed by atoms with Crippen LogP contribution in [0.1, 0.15) is 20.8 Å². The predicted molar refractivity (Wildman–Crippen MR) is 51.9 cm³/mol. The molecule has 0 aromatic carbocycles. The number of hydrogen-bond acceptors (Lipinski definition) is 1. The minimum atomic E-state index is 0.0631. The normalized spacial score (nSPS) is 10.1. The van der Waals surface area contributed by atoms with Gasteiger partial charge in [0.2, 0.25) is 0 Å². The SMILES string of the molecule is C/C=C\C(C(=O)N(C)C)=C(C)C. The fourth-order valence-corrected chi connectivity index (χ4v) is 0.859. The number of amides is 1. The van der Waals surface area contributed by atoms with Gasteiger partial charge < -0.3 is 4.90 Å². The van der Waals surface area contributed by atoms with Crippen LogP contribution < -0.4 is 0 Å². The van der Waals surface area contributed by atoms with Crippen molar-refractivity contribution in [2.45, 2.75) is 20.8 Å². The molecule has 0 N–H and O–H groups in total. The molecule has 0 saturated carbocycles. The van der Waals surface area contributed by atoms with Crippen molar-refractivity contribution in [1.82, 2.24) is 4.90 Å². The van der Waals surface area contributed by atoms with Gasteiger partial charge in [-0.05, 0) is 20.8 Å². The third-order valence-electron chi connectivity index (χ3n) is 1.51. The van der Waals surface area contributed by atoms with Gasteiger partial charge >= 0.3 is 0 Å². The Balaban J connectivity index is 4.79. The summed E-state index contributed by atoms with van der Waals surface area (Å²) in [5.41, 5.74) is 1.83. The largest absolute Gasteiger partial charge is 0.345 e. The Hall–Kier alpha value is -1.05. The van der Waals surface area contributed by atoms with Gasteiger partial charge in [0.25, 0.3) is 5.91 Å². The second kappa shape index (κ2) is 4.75. The molecule has 2 heteroatoms. The molecule has 0 rings (SSSR count). The topological polar surface area (TPSA) is 20.3 Å². The molecule has 0 saturated heterocycles. The lowest BCUT2D eigenvalue weighted by atomic mass is 10.1. The average Bonchev–Trinajstić information content (AvgIpc) is 1.98. The Morgan fingerprint density at radius 2 is 1.75 bits per heavy atom. The van der Waals surface area contributed by atoms with Crippen molar-refractivity contribution in [2.75, 3.05) is 14.1 Å². The monoisotopic (exact) mass is 167 g/mol. The fraction of sp³-hybridized carbons (Fsp3) is 0.500. The van der Waals surface area contributed by atoms with Crippen LogP contribution in [0.5, 0.6) is 0 Å². The Morgan fingerprint density at radius 1 is 1.25 bits per heavy atom. The molecule has 0 atom stereocenters. The lowest BCUT2D eigenvalue weighted by Crippen LogP contribution is -2.23. The summed E-state index contributed by atoms with van der Waals surface area (Å²) in [4.78, 5) is 13.1. The molecule has 0 heterocycles. The molecule has 2 nitrogen and oxygen atoms in total. The lowest BCUT2D eigenvalue weighted by molar-refractivity contribution is -0.124. The van der Waals surface area contributed by atoms with E-state index in [4.69, 9.17) is 0 Å². The van der Waals surface area contributed by atoms with E-state index in [1.807, 2.05) is 32.9 Å². The summed E-state index contributed by atoms with van der Waals surface area (Å²) < 4.78 is 0. The maximum atomic E-state index is 11.5. The molecule has 0 aromatic heterocycles. The molecule has 12 heavy (non-hydrogen) atoms. The van der Waals surface area contributed by atoms with Gasteiger partial charge in [-0.2, -0.15) is 0 Å². The van der Waals surface area contributed by atoms with E-state index in [2.05, 4.69) is 0 Å². The van der Waals surface area contributed by atoms with Gasteiger partial charge in [0, 0.05) is 19.7 Å². The summed E-state index contributed by atoms with van der Waals surface area (Å²) in [6, 6.07) is 0. The van der Waals surface area contributed by atoms with Crippen LogP contribution in [0.25, 0.3) is 0 Å². The van der Waals surface area contributed by atoms with E-state index in [0.29, 0.717) is 0 Å². The zero-order valence-corrected chi connectivity index (χ0v) is 8.51. The van der Waals surface area contributed by atoms with E-state index in [1.165, 1.54) is 0 Å². The minimum Gasteiger partial charge on any atom is -0.345 e. The molecule has 1 amide bonds. The molecule has 0 aliphatic heterocycles. The molecule has 0 aliphatic rings. The van der Waals surface area contributed by atoms with Crippen molar-refractivity contribution < 1.29 is 4.79 Å². The van der Waals surface area contributed by atoms with Gasteiger partial charge in [-0.1, -0.05) is 17.7 Å². The fourth-order valence-electron chi connectivity index (χ4n) is 0.859. The van der Waals surface area contributed by atoms with E-state index in [-0.39, 0.29) is 5.91 Å². The number of allylic oxidation sites excluding steroid dienone is 2. The smallest absolute Gasteiger partial charge is 0.253 e. The van der Waals surface area contributed by atoms with Crippen molar-refractivity contribution in [3.63, 3.8) is 0 Å². The minimum absolute atomic E-state index is 0.0631. The van der Waals surface area contributed by atoms with E-state index in [1.54, 1.807) is 19.0 Å². The molecule has 0 aliphatic carbocycles. The first-order valence-corrected chi connectivity index (χ1v) is 4.02. The summed E-state index contributed by atoms with van der Waals surface area (Å²) in [5.74, 6) is 0.0631.